The third-order valence-electron chi connectivity index (χ3n) is 2.95. The van der Waals surface area contributed by atoms with Gasteiger partial charge in [-0.3, -0.25) is 0 Å². The van der Waals surface area contributed by atoms with E-state index in [9.17, 15) is 0 Å². The first-order chi connectivity index (χ1) is 10.2. The highest BCUT2D eigenvalue weighted by Crippen LogP contribution is 2.44. The van der Waals surface area contributed by atoms with Gasteiger partial charge in [-0.25, -0.2) is 0 Å². The molecule has 0 aromatic heterocycles. The van der Waals surface area contributed by atoms with Crippen LogP contribution in [0.3, 0.4) is 0 Å². The zero-order valence-electron chi connectivity index (χ0n) is 12.5. The van der Waals surface area contributed by atoms with Crippen LogP contribution < -0.4 is 23.7 Å². The summed E-state index contributed by atoms with van der Waals surface area (Å²) in [5.74, 6) is 3.29. The number of hydrogen-bond donors (Lipinski definition) is 0. The Morgan fingerprint density at radius 2 is 0.905 bits per heavy atom. The van der Waals surface area contributed by atoms with Gasteiger partial charge in [-0.1, -0.05) is 12.1 Å². The molecule has 0 unspecified atom stereocenters. The summed E-state index contributed by atoms with van der Waals surface area (Å²) in [6.45, 7) is 0. The van der Waals surface area contributed by atoms with E-state index in [1.54, 1.807) is 52.7 Å². The Morgan fingerprint density at radius 3 is 1.24 bits per heavy atom. The van der Waals surface area contributed by atoms with Gasteiger partial charge in [0.25, 0.3) is 0 Å². The van der Waals surface area contributed by atoms with Crippen LogP contribution in [-0.2, 0) is 0 Å². The molecule has 0 aliphatic heterocycles. The van der Waals surface area contributed by atoms with Crippen molar-refractivity contribution in [2.75, 3.05) is 28.4 Å². The molecule has 0 fully saturated rings. The second kappa shape index (κ2) is 6.74. The standard InChI is InChI=1S/C16H18O5/c1-17-11-7-5-9-13(15(11)19-3)21-14-10-6-8-12(18-2)16(14)20-4/h5-10H,1-4H3. The minimum absolute atomic E-state index is 0.518. The molecule has 0 saturated carbocycles. The van der Waals surface area contributed by atoms with Gasteiger partial charge in [-0.15, -0.1) is 0 Å². The van der Waals surface area contributed by atoms with Gasteiger partial charge in [0.2, 0.25) is 11.5 Å². The Hall–Kier alpha value is -2.56. The lowest BCUT2D eigenvalue weighted by atomic mass is 10.2. The van der Waals surface area contributed by atoms with Crippen molar-refractivity contribution in [2.24, 2.45) is 0 Å². The summed E-state index contributed by atoms with van der Waals surface area (Å²) in [6.07, 6.45) is 0. The molecule has 0 spiro atoms. The Morgan fingerprint density at radius 1 is 0.524 bits per heavy atom. The summed E-state index contributed by atoms with van der Waals surface area (Å²) in [4.78, 5) is 0. The van der Waals surface area contributed by atoms with E-state index in [-0.39, 0.29) is 0 Å². The van der Waals surface area contributed by atoms with Crippen LogP contribution in [0, 0.1) is 0 Å². The van der Waals surface area contributed by atoms with Crippen LogP contribution in [0.2, 0.25) is 0 Å². The highest BCUT2D eigenvalue weighted by atomic mass is 16.6. The number of benzene rings is 2. The fourth-order valence-corrected chi connectivity index (χ4v) is 1.99. The molecule has 0 saturated heterocycles. The molecule has 5 heteroatoms. The fraction of sp³-hybridized carbons (Fsp3) is 0.250. The number of rotatable bonds is 6. The molecule has 0 aliphatic rings. The summed E-state index contributed by atoms with van der Waals surface area (Å²) < 4.78 is 27.1. The molecule has 0 amide bonds. The largest absolute Gasteiger partial charge is 0.493 e. The molecule has 2 aromatic carbocycles. The zero-order chi connectivity index (χ0) is 15.2. The summed E-state index contributed by atoms with van der Waals surface area (Å²) in [5.41, 5.74) is 0. The number of ether oxygens (including phenoxy) is 5. The normalized spacial score (nSPS) is 9.90. The molecule has 112 valence electrons. The SMILES string of the molecule is COc1cccc(Oc2cccc(OC)c2OC)c1OC. The van der Waals surface area contributed by atoms with E-state index in [2.05, 4.69) is 0 Å². The molecule has 0 bridgehead atoms. The third-order valence-corrected chi connectivity index (χ3v) is 2.95. The molecule has 2 rings (SSSR count). The molecule has 0 atom stereocenters. The van der Waals surface area contributed by atoms with Crippen molar-refractivity contribution < 1.29 is 23.7 Å². The van der Waals surface area contributed by atoms with Crippen LogP contribution in [0.25, 0.3) is 0 Å². The highest BCUT2D eigenvalue weighted by molar-refractivity contribution is 5.56. The van der Waals surface area contributed by atoms with Crippen molar-refractivity contribution in [1.29, 1.82) is 0 Å². The van der Waals surface area contributed by atoms with Crippen molar-refractivity contribution in [2.45, 2.75) is 0 Å². The summed E-state index contributed by atoms with van der Waals surface area (Å²) >= 11 is 0. The molecule has 5 nitrogen and oxygen atoms in total. The number of para-hydroxylation sites is 2. The van der Waals surface area contributed by atoms with Crippen molar-refractivity contribution >= 4 is 0 Å². The quantitative estimate of drug-likeness (QED) is 0.814. The van der Waals surface area contributed by atoms with Crippen molar-refractivity contribution in [3.8, 4) is 34.5 Å². The van der Waals surface area contributed by atoms with Gasteiger partial charge in [0.1, 0.15) is 0 Å². The van der Waals surface area contributed by atoms with Gasteiger partial charge in [0, 0.05) is 0 Å². The van der Waals surface area contributed by atoms with Crippen LogP contribution >= 0.6 is 0 Å². The second-order valence-electron chi connectivity index (χ2n) is 4.09. The predicted molar refractivity (Wildman–Crippen MR) is 79.2 cm³/mol. The zero-order valence-corrected chi connectivity index (χ0v) is 12.5. The first kappa shape index (κ1) is 14.8. The van der Waals surface area contributed by atoms with E-state index in [1.807, 2.05) is 12.1 Å². The van der Waals surface area contributed by atoms with Gasteiger partial charge in [-0.2, -0.15) is 0 Å². The maximum absolute atomic E-state index is 5.90. The van der Waals surface area contributed by atoms with Gasteiger partial charge in [-0.05, 0) is 24.3 Å². The Balaban J connectivity index is 2.43. The molecular weight excluding hydrogens is 272 g/mol. The van der Waals surface area contributed by atoms with Crippen LogP contribution in [0.4, 0.5) is 0 Å². The molecule has 0 heterocycles. The Kier molecular flexibility index (Phi) is 4.77. The van der Waals surface area contributed by atoms with Crippen molar-refractivity contribution in [1.82, 2.24) is 0 Å². The van der Waals surface area contributed by atoms with Crippen LogP contribution in [0.15, 0.2) is 36.4 Å². The topological polar surface area (TPSA) is 46.2 Å². The van der Waals surface area contributed by atoms with Crippen molar-refractivity contribution in [3.05, 3.63) is 36.4 Å². The minimum atomic E-state index is 0.518. The maximum Gasteiger partial charge on any atom is 0.203 e. The van der Waals surface area contributed by atoms with Crippen LogP contribution in [-0.4, -0.2) is 28.4 Å². The summed E-state index contributed by atoms with van der Waals surface area (Å²) in [7, 11) is 6.28. The summed E-state index contributed by atoms with van der Waals surface area (Å²) in [6, 6.07) is 10.8. The minimum Gasteiger partial charge on any atom is -0.493 e. The monoisotopic (exact) mass is 290 g/mol. The van der Waals surface area contributed by atoms with E-state index in [0.29, 0.717) is 34.5 Å². The van der Waals surface area contributed by atoms with Gasteiger partial charge >= 0.3 is 0 Å². The molecular formula is C16H18O5. The molecule has 2 aromatic rings. The first-order valence-corrected chi connectivity index (χ1v) is 6.35. The average molecular weight is 290 g/mol. The van der Waals surface area contributed by atoms with E-state index >= 15 is 0 Å². The summed E-state index contributed by atoms with van der Waals surface area (Å²) in [5, 5.41) is 0. The van der Waals surface area contributed by atoms with E-state index < -0.39 is 0 Å². The lowest BCUT2D eigenvalue weighted by Gasteiger charge is -2.16. The van der Waals surface area contributed by atoms with Gasteiger partial charge in [0.05, 0.1) is 28.4 Å². The fourth-order valence-electron chi connectivity index (χ4n) is 1.99. The van der Waals surface area contributed by atoms with Gasteiger partial charge < -0.3 is 23.7 Å². The van der Waals surface area contributed by atoms with Crippen LogP contribution in [0.5, 0.6) is 34.5 Å². The highest BCUT2D eigenvalue weighted by Gasteiger charge is 2.16. The van der Waals surface area contributed by atoms with Gasteiger partial charge in [0.15, 0.2) is 23.0 Å². The number of hydrogen-bond acceptors (Lipinski definition) is 5. The molecule has 0 N–H and O–H groups in total. The third kappa shape index (κ3) is 2.97. The lowest BCUT2D eigenvalue weighted by Crippen LogP contribution is -1.97. The second-order valence-corrected chi connectivity index (χ2v) is 4.09. The smallest absolute Gasteiger partial charge is 0.203 e. The van der Waals surface area contributed by atoms with E-state index in [1.165, 1.54) is 0 Å². The Bertz CT molecular complexity index is 556. The van der Waals surface area contributed by atoms with E-state index in [4.69, 9.17) is 23.7 Å². The molecule has 0 radical (unpaired) electrons. The van der Waals surface area contributed by atoms with Crippen molar-refractivity contribution in [3.63, 3.8) is 0 Å². The van der Waals surface area contributed by atoms with E-state index in [0.717, 1.165) is 0 Å². The average Bonchev–Trinajstić information content (AvgIpc) is 2.54. The molecule has 0 aliphatic carbocycles. The Labute approximate surface area is 124 Å². The number of methoxy groups -OCH3 is 4. The predicted octanol–water partition coefficient (Wildman–Crippen LogP) is 3.51. The van der Waals surface area contributed by atoms with Crippen LogP contribution in [0.1, 0.15) is 0 Å². The molecule has 21 heavy (non-hydrogen) atoms. The lowest BCUT2D eigenvalue weighted by molar-refractivity contribution is 0.320. The first-order valence-electron chi connectivity index (χ1n) is 6.35. The maximum atomic E-state index is 5.90.